The molecule has 11 rings (SSSR count). The predicted molar refractivity (Wildman–Crippen MR) is 286 cm³/mol. The average molecular weight is 867 g/mol. The highest BCUT2D eigenvalue weighted by atomic mass is 16.5. The van der Waals surface area contributed by atoms with Gasteiger partial charge in [-0.05, 0) is 146 Å². The fourth-order valence-electron chi connectivity index (χ4n) is 10.7. The number of hydrogen-bond donors (Lipinski definition) is 0. The van der Waals surface area contributed by atoms with E-state index >= 15 is 0 Å². The molecule has 3 saturated carbocycles. The zero-order chi connectivity index (χ0) is 44.0. The SMILES string of the molecule is C.C.CC1(C)C2CCCCC2C2CCCCC21.CCC.CCC.c1ccc2cc(Oc3ccc4ccccc4c3)ccc2c1.c1ccc2cc(Oc3ccc4ccccc4c3)ccc2c1. The minimum absolute atomic E-state index is 0. The molecule has 0 aliphatic heterocycles. The molecule has 0 bridgehead atoms. The molecule has 2 heteroatoms. The van der Waals surface area contributed by atoms with Crippen molar-refractivity contribution in [1.82, 2.24) is 0 Å². The van der Waals surface area contributed by atoms with E-state index in [2.05, 4.69) is 139 Å². The van der Waals surface area contributed by atoms with Gasteiger partial charge in [0.25, 0.3) is 0 Å². The topological polar surface area (TPSA) is 18.5 Å². The first-order chi connectivity index (χ1) is 30.8. The lowest BCUT2D eigenvalue weighted by molar-refractivity contribution is 0.124. The van der Waals surface area contributed by atoms with E-state index in [9.17, 15) is 0 Å². The van der Waals surface area contributed by atoms with Crippen LogP contribution in [0.3, 0.4) is 0 Å². The maximum absolute atomic E-state index is 5.99. The van der Waals surface area contributed by atoms with Gasteiger partial charge in [0.15, 0.2) is 0 Å². The fourth-order valence-corrected chi connectivity index (χ4v) is 10.7. The van der Waals surface area contributed by atoms with Crippen LogP contribution < -0.4 is 9.47 Å². The maximum Gasteiger partial charge on any atom is 0.128 e. The van der Waals surface area contributed by atoms with Crippen molar-refractivity contribution in [2.75, 3.05) is 0 Å². The summed E-state index contributed by atoms with van der Waals surface area (Å²) in [6, 6.07) is 57.9. The lowest BCUT2D eigenvalue weighted by Crippen LogP contribution is -2.29. The standard InChI is InChI=1S/2C20H14O.C15H26.2C3H8.2CH4/c2*1-3-7-17-13-19(11-9-15(17)5-1)21-20-12-10-16-6-2-4-8-18(16)14-20;1-15(2)13-9-5-3-7-11(13)12-8-4-6-10-14(12)15;2*1-3-2;;/h2*1-14H;11-14H,3-10H2,1-2H3;2*3H2,1-2H3;2*1H4. The molecule has 0 N–H and O–H groups in total. The van der Waals surface area contributed by atoms with E-state index in [0.29, 0.717) is 5.41 Å². The Morgan fingerprint density at radius 1 is 0.354 bits per heavy atom. The number of rotatable bonds is 4. The second-order valence-electron chi connectivity index (χ2n) is 18.6. The highest BCUT2D eigenvalue weighted by molar-refractivity contribution is 5.86. The summed E-state index contributed by atoms with van der Waals surface area (Å²) >= 11 is 0. The van der Waals surface area contributed by atoms with Crippen LogP contribution in [-0.2, 0) is 0 Å². The van der Waals surface area contributed by atoms with E-state index in [1.807, 2.05) is 72.8 Å². The molecule has 8 aromatic carbocycles. The van der Waals surface area contributed by atoms with E-state index < -0.39 is 0 Å². The van der Waals surface area contributed by atoms with E-state index in [1.165, 1.54) is 81.6 Å². The normalized spacial score (nSPS) is 18.7. The van der Waals surface area contributed by atoms with Crippen LogP contribution in [0.4, 0.5) is 0 Å². The molecule has 0 radical (unpaired) electrons. The molecule has 0 amide bonds. The third-order valence-electron chi connectivity index (χ3n) is 13.5. The Bertz CT molecular complexity index is 2320. The van der Waals surface area contributed by atoms with E-state index in [4.69, 9.17) is 9.47 Å². The summed E-state index contributed by atoms with van der Waals surface area (Å²) in [6.07, 6.45) is 14.8. The summed E-state index contributed by atoms with van der Waals surface area (Å²) in [7, 11) is 0. The quantitative estimate of drug-likeness (QED) is 0.175. The summed E-state index contributed by atoms with van der Waals surface area (Å²) in [6.45, 7) is 13.7. The molecule has 4 unspecified atom stereocenters. The Kier molecular flexibility index (Phi) is 19.1. The van der Waals surface area contributed by atoms with E-state index in [-0.39, 0.29) is 14.9 Å². The summed E-state index contributed by atoms with van der Waals surface area (Å²) < 4.78 is 12.0. The van der Waals surface area contributed by atoms with Crippen LogP contribution >= 0.6 is 0 Å². The van der Waals surface area contributed by atoms with Gasteiger partial charge in [0.05, 0.1) is 0 Å². The third kappa shape index (κ3) is 12.8. The Hall–Kier alpha value is -5.60. The molecular weight excluding hydrogens is 789 g/mol. The van der Waals surface area contributed by atoms with Crippen molar-refractivity contribution in [3.05, 3.63) is 170 Å². The monoisotopic (exact) mass is 867 g/mol. The first kappa shape index (κ1) is 50.4. The molecule has 3 aliphatic rings. The van der Waals surface area contributed by atoms with Crippen LogP contribution in [0.5, 0.6) is 23.0 Å². The molecule has 3 fully saturated rings. The van der Waals surface area contributed by atoms with Crippen LogP contribution in [0.15, 0.2) is 170 Å². The Morgan fingerprint density at radius 2 is 0.585 bits per heavy atom. The van der Waals surface area contributed by atoms with Crippen LogP contribution in [0.25, 0.3) is 43.1 Å². The van der Waals surface area contributed by atoms with Gasteiger partial charge in [0.1, 0.15) is 23.0 Å². The highest BCUT2D eigenvalue weighted by Crippen LogP contribution is 2.62. The summed E-state index contributed by atoms with van der Waals surface area (Å²) in [5, 5.41) is 9.66. The Labute approximate surface area is 393 Å². The van der Waals surface area contributed by atoms with Gasteiger partial charge in [-0.3, -0.25) is 0 Å². The van der Waals surface area contributed by atoms with Crippen molar-refractivity contribution in [1.29, 1.82) is 0 Å². The molecule has 342 valence electrons. The molecule has 0 heterocycles. The minimum atomic E-state index is 0. The van der Waals surface area contributed by atoms with Gasteiger partial charge in [0, 0.05) is 0 Å². The van der Waals surface area contributed by atoms with Crippen molar-refractivity contribution < 1.29 is 9.47 Å². The number of fused-ring (bicyclic) bond motifs is 7. The fraction of sp³-hybridized carbons (Fsp3) is 0.365. The van der Waals surface area contributed by atoms with Crippen molar-refractivity contribution >= 4 is 43.1 Å². The van der Waals surface area contributed by atoms with Gasteiger partial charge >= 0.3 is 0 Å². The van der Waals surface area contributed by atoms with Gasteiger partial charge < -0.3 is 9.47 Å². The first-order valence-electron chi connectivity index (χ1n) is 24.1. The summed E-state index contributed by atoms with van der Waals surface area (Å²) in [5.41, 5.74) is 0.677. The van der Waals surface area contributed by atoms with Crippen molar-refractivity contribution in [3.63, 3.8) is 0 Å². The first-order valence-corrected chi connectivity index (χ1v) is 24.1. The predicted octanol–water partition coefficient (Wildman–Crippen LogP) is 20.3. The number of benzene rings is 8. The second kappa shape index (κ2) is 24.6. The lowest BCUT2D eigenvalue weighted by atomic mass is 9.68. The van der Waals surface area contributed by atoms with Gasteiger partial charge in [-0.25, -0.2) is 0 Å². The van der Waals surface area contributed by atoms with Crippen molar-refractivity contribution in [3.8, 4) is 23.0 Å². The van der Waals surface area contributed by atoms with Crippen molar-refractivity contribution in [2.45, 2.75) is 121 Å². The molecule has 4 atom stereocenters. The zero-order valence-electron chi connectivity index (χ0n) is 38.9. The van der Waals surface area contributed by atoms with Crippen LogP contribution in [0.2, 0.25) is 0 Å². The summed E-state index contributed by atoms with van der Waals surface area (Å²) in [5.74, 6) is 7.87. The Morgan fingerprint density at radius 3 is 0.846 bits per heavy atom. The number of hydrogen-bond acceptors (Lipinski definition) is 2. The van der Waals surface area contributed by atoms with Crippen LogP contribution in [-0.4, -0.2) is 0 Å². The smallest absolute Gasteiger partial charge is 0.128 e. The van der Waals surface area contributed by atoms with Gasteiger partial charge in [-0.1, -0.05) is 216 Å². The van der Waals surface area contributed by atoms with Gasteiger partial charge in [-0.2, -0.15) is 0 Å². The summed E-state index contributed by atoms with van der Waals surface area (Å²) in [4.78, 5) is 0. The molecular formula is C63H78O2. The van der Waals surface area contributed by atoms with E-state index in [0.717, 1.165) is 46.7 Å². The minimum Gasteiger partial charge on any atom is -0.457 e. The maximum atomic E-state index is 5.99. The molecule has 0 spiro atoms. The molecule has 8 aromatic rings. The van der Waals surface area contributed by atoms with Gasteiger partial charge in [-0.15, -0.1) is 0 Å². The van der Waals surface area contributed by atoms with Crippen LogP contribution in [0.1, 0.15) is 121 Å². The van der Waals surface area contributed by atoms with Crippen LogP contribution in [0, 0.1) is 29.1 Å². The number of ether oxygens (including phenoxy) is 2. The molecule has 2 nitrogen and oxygen atoms in total. The zero-order valence-corrected chi connectivity index (χ0v) is 38.9. The second-order valence-corrected chi connectivity index (χ2v) is 18.6. The Balaban J connectivity index is 0.000000172. The molecule has 0 saturated heterocycles. The highest BCUT2D eigenvalue weighted by Gasteiger charge is 2.55. The average Bonchev–Trinajstić information content (AvgIpc) is 3.55. The largest absolute Gasteiger partial charge is 0.457 e. The molecule has 0 aromatic heterocycles. The van der Waals surface area contributed by atoms with E-state index in [1.54, 1.807) is 25.7 Å². The van der Waals surface area contributed by atoms with Gasteiger partial charge in [0.2, 0.25) is 0 Å². The van der Waals surface area contributed by atoms with Crippen molar-refractivity contribution in [2.24, 2.45) is 29.1 Å². The third-order valence-corrected chi connectivity index (χ3v) is 13.5. The molecule has 65 heavy (non-hydrogen) atoms. The molecule has 3 aliphatic carbocycles. The lowest BCUT2D eigenvalue weighted by Gasteiger charge is -2.37.